The number of amides is 1. The van der Waals surface area contributed by atoms with E-state index in [-0.39, 0.29) is 23.9 Å². The summed E-state index contributed by atoms with van der Waals surface area (Å²) in [6, 6.07) is 17.7. The average molecular weight is 479 g/mol. The standard InChI is InChI=1S/C27H30N2O4S/c30-27(28-18-24-11-6-16-33-24)26-17-22-9-4-5-10-23(22)19-29(26)34(31,32)25-14-12-21(13-15-25)20-7-2-1-3-8-20/h4-6,9-16,20,26H,1-3,7-8,17-19H2,(H,28,30)/t26-/m0/s1. The van der Waals surface area contributed by atoms with Gasteiger partial charge in [-0.3, -0.25) is 4.79 Å². The van der Waals surface area contributed by atoms with E-state index in [1.54, 1.807) is 30.5 Å². The number of nitrogens with zero attached hydrogens (tertiary/aromatic N) is 1. The van der Waals surface area contributed by atoms with Crippen LogP contribution < -0.4 is 5.32 Å². The third-order valence-corrected chi connectivity index (χ3v) is 8.96. The zero-order chi connectivity index (χ0) is 23.5. The van der Waals surface area contributed by atoms with Crippen LogP contribution in [0.1, 0.15) is 60.5 Å². The van der Waals surface area contributed by atoms with Crippen molar-refractivity contribution in [2.75, 3.05) is 0 Å². The number of hydrogen-bond acceptors (Lipinski definition) is 4. The Morgan fingerprint density at radius 2 is 1.68 bits per heavy atom. The Morgan fingerprint density at radius 1 is 0.941 bits per heavy atom. The fraction of sp³-hybridized carbons (Fsp3) is 0.370. The summed E-state index contributed by atoms with van der Waals surface area (Å²) in [4.78, 5) is 13.4. The van der Waals surface area contributed by atoms with Crippen LogP contribution in [-0.2, 0) is 34.3 Å². The molecular weight excluding hydrogens is 448 g/mol. The Balaban J connectivity index is 1.41. The summed E-state index contributed by atoms with van der Waals surface area (Å²) < 4.78 is 34.2. The SMILES string of the molecule is O=C(NCc1ccco1)[C@@H]1Cc2ccccc2CN1S(=O)(=O)c1ccc(C2CCCCC2)cc1. The van der Waals surface area contributed by atoms with Gasteiger partial charge in [0.1, 0.15) is 11.8 Å². The van der Waals surface area contributed by atoms with Crippen LogP contribution in [0, 0.1) is 0 Å². The molecule has 3 aromatic rings. The highest BCUT2D eigenvalue weighted by Gasteiger charge is 2.39. The molecule has 1 amide bonds. The van der Waals surface area contributed by atoms with Gasteiger partial charge in [-0.1, -0.05) is 55.7 Å². The fourth-order valence-corrected chi connectivity index (χ4v) is 6.73. The van der Waals surface area contributed by atoms with Crippen LogP contribution in [0.2, 0.25) is 0 Å². The van der Waals surface area contributed by atoms with Gasteiger partial charge in [-0.2, -0.15) is 4.31 Å². The molecule has 0 spiro atoms. The smallest absolute Gasteiger partial charge is 0.244 e. The first kappa shape index (κ1) is 22.9. The lowest BCUT2D eigenvalue weighted by Crippen LogP contribution is -2.52. The Hall–Kier alpha value is -2.90. The highest BCUT2D eigenvalue weighted by Crippen LogP contribution is 2.34. The topological polar surface area (TPSA) is 79.6 Å². The van der Waals surface area contributed by atoms with Gasteiger partial charge in [-0.05, 0) is 66.1 Å². The van der Waals surface area contributed by atoms with Gasteiger partial charge in [0.2, 0.25) is 15.9 Å². The van der Waals surface area contributed by atoms with Crippen LogP contribution in [0.3, 0.4) is 0 Å². The first-order valence-corrected chi connectivity index (χ1v) is 13.4. The average Bonchev–Trinajstić information content (AvgIpc) is 3.41. The second-order valence-corrected chi connectivity index (χ2v) is 11.1. The molecule has 2 aromatic carbocycles. The Bertz CT molecular complexity index is 1230. The molecule has 2 aliphatic rings. The highest BCUT2D eigenvalue weighted by molar-refractivity contribution is 7.89. The van der Waals surface area contributed by atoms with Crippen LogP contribution in [0.4, 0.5) is 0 Å². The molecule has 0 bridgehead atoms. The third-order valence-electron chi connectivity index (χ3n) is 7.09. The fourth-order valence-electron chi connectivity index (χ4n) is 5.16. The van der Waals surface area contributed by atoms with E-state index < -0.39 is 16.1 Å². The molecule has 178 valence electrons. The van der Waals surface area contributed by atoms with Crippen molar-refractivity contribution in [1.82, 2.24) is 9.62 Å². The van der Waals surface area contributed by atoms with E-state index in [1.807, 2.05) is 36.4 Å². The zero-order valence-electron chi connectivity index (χ0n) is 19.2. The van der Waals surface area contributed by atoms with Gasteiger partial charge in [0.15, 0.2) is 0 Å². The molecule has 1 atom stereocenters. The summed E-state index contributed by atoms with van der Waals surface area (Å²) in [5.41, 5.74) is 3.13. The van der Waals surface area contributed by atoms with Crippen molar-refractivity contribution in [3.05, 3.63) is 89.4 Å². The minimum absolute atomic E-state index is 0.168. The first-order chi connectivity index (χ1) is 16.5. The number of furan rings is 1. The Morgan fingerprint density at radius 3 is 2.38 bits per heavy atom. The van der Waals surface area contributed by atoms with Gasteiger partial charge in [0, 0.05) is 6.54 Å². The van der Waals surface area contributed by atoms with E-state index in [0.717, 1.165) is 24.0 Å². The van der Waals surface area contributed by atoms with Crippen molar-refractivity contribution >= 4 is 15.9 Å². The largest absolute Gasteiger partial charge is 0.467 e. The number of nitrogens with one attached hydrogen (secondary N) is 1. The Kier molecular flexibility index (Phi) is 6.57. The number of hydrogen-bond donors (Lipinski definition) is 1. The summed E-state index contributed by atoms with van der Waals surface area (Å²) in [5, 5.41) is 2.85. The van der Waals surface area contributed by atoms with Gasteiger partial charge in [-0.25, -0.2) is 8.42 Å². The minimum atomic E-state index is -3.87. The molecule has 7 heteroatoms. The second-order valence-electron chi connectivity index (χ2n) is 9.24. The van der Waals surface area contributed by atoms with Crippen LogP contribution >= 0.6 is 0 Å². The normalized spacial score (nSPS) is 19.5. The maximum absolute atomic E-state index is 13.8. The number of fused-ring (bicyclic) bond motifs is 1. The predicted molar refractivity (Wildman–Crippen MR) is 129 cm³/mol. The maximum Gasteiger partial charge on any atom is 0.244 e. The number of sulfonamides is 1. The molecule has 6 nitrogen and oxygen atoms in total. The summed E-state index contributed by atoms with van der Waals surface area (Å²) in [6.07, 6.45) is 7.94. The van der Waals surface area contributed by atoms with Crippen molar-refractivity contribution in [3.8, 4) is 0 Å². The van der Waals surface area contributed by atoms with Crippen molar-refractivity contribution in [1.29, 1.82) is 0 Å². The van der Waals surface area contributed by atoms with E-state index in [4.69, 9.17) is 4.42 Å². The van der Waals surface area contributed by atoms with E-state index in [9.17, 15) is 13.2 Å². The molecule has 0 unspecified atom stereocenters. The Labute approximate surface area is 201 Å². The van der Waals surface area contributed by atoms with Crippen LogP contribution in [0.25, 0.3) is 0 Å². The third kappa shape index (κ3) is 4.68. The molecule has 1 N–H and O–H groups in total. The molecule has 34 heavy (non-hydrogen) atoms. The molecule has 1 aliphatic carbocycles. The molecule has 1 aliphatic heterocycles. The quantitative estimate of drug-likeness (QED) is 0.554. The molecular formula is C27H30N2O4S. The second kappa shape index (κ2) is 9.76. The number of rotatable bonds is 6. The van der Waals surface area contributed by atoms with Gasteiger partial charge in [0.25, 0.3) is 0 Å². The van der Waals surface area contributed by atoms with E-state index in [0.29, 0.717) is 18.1 Å². The summed E-state index contributed by atoms with van der Waals surface area (Å²) in [7, 11) is -3.87. The van der Waals surface area contributed by atoms with Crippen LogP contribution in [0.5, 0.6) is 0 Å². The molecule has 1 saturated carbocycles. The maximum atomic E-state index is 13.8. The van der Waals surface area contributed by atoms with Crippen molar-refractivity contribution in [2.45, 2.75) is 68.5 Å². The number of benzene rings is 2. The minimum Gasteiger partial charge on any atom is -0.467 e. The monoisotopic (exact) mass is 478 g/mol. The predicted octanol–water partition coefficient (Wildman–Crippen LogP) is 4.76. The molecule has 0 radical (unpaired) electrons. The van der Waals surface area contributed by atoms with Crippen molar-refractivity contribution in [3.63, 3.8) is 0 Å². The summed E-state index contributed by atoms with van der Waals surface area (Å²) >= 11 is 0. The molecule has 5 rings (SSSR count). The van der Waals surface area contributed by atoms with Gasteiger partial charge < -0.3 is 9.73 Å². The van der Waals surface area contributed by atoms with E-state index >= 15 is 0 Å². The van der Waals surface area contributed by atoms with E-state index in [2.05, 4.69) is 5.32 Å². The summed E-state index contributed by atoms with van der Waals surface area (Å²) in [6.45, 7) is 0.385. The van der Waals surface area contributed by atoms with Gasteiger partial charge in [0.05, 0.1) is 17.7 Å². The van der Waals surface area contributed by atoms with Crippen molar-refractivity contribution in [2.24, 2.45) is 0 Å². The van der Waals surface area contributed by atoms with Crippen molar-refractivity contribution < 1.29 is 17.6 Å². The lowest BCUT2D eigenvalue weighted by atomic mass is 9.84. The van der Waals surface area contributed by atoms with Gasteiger partial charge in [-0.15, -0.1) is 0 Å². The lowest BCUT2D eigenvalue weighted by Gasteiger charge is -2.35. The molecule has 1 fully saturated rings. The van der Waals surface area contributed by atoms with Crippen LogP contribution in [0.15, 0.2) is 76.2 Å². The lowest BCUT2D eigenvalue weighted by molar-refractivity contribution is -0.125. The van der Waals surface area contributed by atoms with Gasteiger partial charge >= 0.3 is 0 Å². The first-order valence-electron chi connectivity index (χ1n) is 12.0. The number of carbonyl (C=O) groups is 1. The molecule has 2 heterocycles. The molecule has 1 aromatic heterocycles. The zero-order valence-corrected chi connectivity index (χ0v) is 20.0. The number of carbonyl (C=O) groups excluding carboxylic acids is 1. The molecule has 0 saturated heterocycles. The highest BCUT2D eigenvalue weighted by atomic mass is 32.2. The summed E-state index contributed by atoms with van der Waals surface area (Å²) in [5.74, 6) is 0.804. The van der Waals surface area contributed by atoms with E-state index in [1.165, 1.54) is 29.1 Å². The van der Waals surface area contributed by atoms with Crippen LogP contribution in [-0.4, -0.2) is 24.7 Å².